The molecule has 4 rings (SSSR count). The average Bonchev–Trinajstić information content (AvgIpc) is 3.05. The number of aromatic nitrogens is 5. The molecular formula is C22H31N6O2+. The van der Waals surface area contributed by atoms with E-state index in [-0.39, 0.29) is 17.1 Å². The summed E-state index contributed by atoms with van der Waals surface area (Å²) in [4.78, 5) is 17.7. The van der Waals surface area contributed by atoms with Gasteiger partial charge in [0.25, 0.3) is 5.56 Å². The van der Waals surface area contributed by atoms with E-state index < -0.39 is 0 Å². The molecule has 3 heterocycles. The number of methoxy groups -OCH3 is 1. The molecule has 1 aliphatic rings. The van der Waals surface area contributed by atoms with Crippen LogP contribution in [0.2, 0.25) is 0 Å². The Bertz CT molecular complexity index is 1070. The van der Waals surface area contributed by atoms with Gasteiger partial charge in [-0.2, -0.15) is 0 Å². The molecule has 0 bridgehead atoms. The molecule has 1 aliphatic heterocycles. The monoisotopic (exact) mass is 411 g/mol. The van der Waals surface area contributed by atoms with Gasteiger partial charge in [-0.1, -0.05) is 0 Å². The summed E-state index contributed by atoms with van der Waals surface area (Å²) in [6.07, 6.45) is 4.75. The zero-order valence-electron chi connectivity index (χ0n) is 18.2. The number of H-pyrrole nitrogens is 1. The molecule has 1 fully saturated rings. The predicted molar refractivity (Wildman–Crippen MR) is 115 cm³/mol. The lowest BCUT2D eigenvalue weighted by molar-refractivity contribution is -0.925. The number of hydrogen-bond acceptors (Lipinski definition) is 5. The van der Waals surface area contributed by atoms with Crippen LogP contribution in [0.25, 0.3) is 10.9 Å². The number of tetrazole rings is 1. The van der Waals surface area contributed by atoms with Crippen LogP contribution in [-0.2, 0) is 5.54 Å². The van der Waals surface area contributed by atoms with E-state index >= 15 is 0 Å². The molecule has 0 spiro atoms. The topological polar surface area (TPSA) is 90.1 Å². The van der Waals surface area contributed by atoms with Crippen LogP contribution < -0.4 is 15.2 Å². The Hall–Kier alpha value is -2.74. The van der Waals surface area contributed by atoms with Crippen molar-refractivity contribution in [2.45, 2.75) is 58.0 Å². The Labute approximate surface area is 176 Å². The molecule has 3 aromatic rings. The van der Waals surface area contributed by atoms with E-state index in [1.807, 2.05) is 28.9 Å². The van der Waals surface area contributed by atoms with Crippen molar-refractivity contribution in [3.8, 4) is 5.75 Å². The van der Waals surface area contributed by atoms with Gasteiger partial charge in [0.2, 0.25) is 5.82 Å². The van der Waals surface area contributed by atoms with Gasteiger partial charge < -0.3 is 14.6 Å². The minimum Gasteiger partial charge on any atom is -0.497 e. The van der Waals surface area contributed by atoms with Gasteiger partial charge in [-0.05, 0) is 80.5 Å². The highest BCUT2D eigenvalue weighted by Crippen LogP contribution is 2.24. The van der Waals surface area contributed by atoms with Gasteiger partial charge in [0.1, 0.15) is 5.75 Å². The molecule has 160 valence electrons. The fourth-order valence-electron chi connectivity index (χ4n) is 4.40. The molecule has 0 amide bonds. The summed E-state index contributed by atoms with van der Waals surface area (Å²) in [5.74, 6) is 1.47. The zero-order valence-corrected chi connectivity index (χ0v) is 18.2. The highest BCUT2D eigenvalue weighted by Gasteiger charge is 2.36. The number of rotatable bonds is 4. The second-order valence-corrected chi connectivity index (χ2v) is 9.13. The van der Waals surface area contributed by atoms with Crippen LogP contribution in [0.5, 0.6) is 5.75 Å². The Morgan fingerprint density at radius 1 is 1.13 bits per heavy atom. The third kappa shape index (κ3) is 3.96. The maximum atomic E-state index is 13.3. The number of ether oxygens (including phenoxy) is 1. The van der Waals surface area contributed by atoms with Crippen molar-refractivity contribution in [1.29, 1.82) is 0 Å². The fraction of sp³-hybridized carbons (Fsp3) is 0.545. The first-order valence-electron chi connectivity index (χ1n) is 10.7. The quantitative estimate of drug-likeness (QED) is 0.684. The van der Waals surface area contributed by atoms with Crippen LogP contribution in [0.3, 0.4) is 0 Å². The number of hydrogen-bond donors (Lipinski definition) is 2. The SMILES string of the molecule is COc1ccc2cc([C@H](c3nnnn3C(C)(C)C)[NH+]3CCCCCC3)c(=O)[nH]c2c1. The summed E-state index contributed by atoms with van der Waals surface area (Å²) in [5.41, 5.74) is 1.10. The fourth-order valence-corrected chi connectivity index (χ4v) is 4.40. The van der Waals surface area contributed by atoms with Crippen molar-refractivity contribution in [3.63, 3.8) is 0 Å². The third-order valence-electron chi connectivity index (χ3n) is 5.93. The van der Waals surface area contributed by atoms with E-state index in [0.717, 1.165) is 48.4 Å². The summed E-state index contributed by atoms with van der Waals surface area (Å²) < 4.78 is 7.17. The molecule has 0 aliphatic carbocycles. The first-order valence-corrected chi connectivity index (χ1v) is 10.7. The maximum Gasteiger partial charge on any atom is 0.258 e. The summed E-state index contributed by atoms with van der Waals surface area (Å²) in [6, 6.07) is 7.53. The highest BCUT2D eigenvalue weighted by molar-refractivity contribution is 5.80. The summed E-state index contributed by atoms with van der Waals surface area (Å²) in [6.45, 7) is 8.25. The Kier molecular flexibility index (Phi) is 5.60. The predicted octanol–water partition coefficient (Wildman–Crippen LogP) is 1.83. The van der Waals surface area contributed by atoms with Gasteiger partial charge in [0, 0.05) is 6.07 Å². The highest BCUT2D eigenvalue weighted by atomic mass is 16.5. The molecule has 2 aromatic heterocycles. The Balaban J connectivity index is 1.89. The van der Waals surface area contributed by atoms with Crippen molar-refractivity contribution in [2.24, 2.45) is 0 Å². The lowest BCUT2D eigenvalue weighted by Gasteiger charge is -2.29. The smallest absolute Gasteiger partial charge is 0.258 e. The van der Waals surface area contributed by atoms with Gasteiger partial charge in [0.05, 0.1) is 36.8 Å². The van der Waals surface area contributed by atoms with Gasteiger partial charge >= 0.3 is 0 Å². The van der Waals surface area contributed by atoms with E-state index in [4.69, 9.17) is 4.74 Å². The molecule has 0 saturated carbocycles. The van der Waals surface area contributed by atoms with Crippen LogP contribution in [0.4, 0.5) is 0 Å². The van der Waals surface area contributed by atoms with E-state index in [0.29, 0.717) is 5.56 Å². The van der Waals surface area contributed by atoms with E-state index in [1.165, 1.54) is 17.7 Å². The number of quaternary nitrogens is 1. The number of nitrogens with one attached hydrogen (secondary N) is 2. The minimum absolute atomic E-state index is 0.0963. The van der Waals surface area contributed by atoms with Gasteiger partial charge in [-0.25, -0.2) is 4.68 Å². The van der Waals surface area contributed by atoms with Crippen LogP contribution >= 0.6 is 0 Å². The molecule has 8 heteroatoms. The number of pyridine rings is 1. The van der Waals surface area contributed by atoms with Gasteiger partial charge in [-0.3, -0.25) is 4.79 Å². The molecule has 1 aromatic carbocycles. The Morgan fingerprint density at radius 3 is 2.53 bits per heavy atom. The van der Waals surface area contributed by atoms with Crippen molar-refractivity contribution in [3.05, 3.63) is 46.0 Å². The normalized spacial score (nSPS) is 17.1. The first-order chi connectivity index (χ1) is 14.4. The van der Waals surface area contributed by atoms with Crippen LogP contribution in [0, 0.1) is 0 Å². The maximum absolute atomic E-state index is 13.3. The van der Waals surface area contributed by atoms with Crippen molar-refractivity contribution in [1.82, 2.24) is 25.2 Å². The van der Waals surface area contributed by atoms with Crippen molar-refractivity contribution < 1.29 is 9.64 Å². The Morgan fingerprint density at radius 2 is 1.87 bits per heavy atom. The number of aromatic amines is 1. The van der Waals surface area contributed by atoms with E-state index in [9.17, 15) is 4.79 Å². The van der Waals surface area contributed by atoms with Gasteiger partial charge in [0.15, 0.2) is 6.04 Å². The lowest BCUT2D eigenvalue weighted by Crippen LogP contribution is -3.12. The standard InChI is InChI=1S/C22H30N6O2/c1-22(2,3)28-20(24-25-26-28)19(27-11-7-5-6-8-12-27)17-13-15-9-10-16(30-4)14-18(15)23-21(17)29/h9-10,13-14,19H,5-8,11-12H2,1-4H3,(H,23,29)/p+1/t19-/m1/s1. The van der Waals surface area contributed by atoms with Crippen LogP contribution in [0.1, 0.15) is 63.9 Å². The number of nitrogens with zero attached hydrogens (tertiary/aromatic N) is 4. The summed E-state index contributed by atoms with van der Waals surface area (Å²) in [7, 11) is 1.62. The molecule has 1 saturated heterocycles. The zero-order chi connectivity index (χ0) is 21.3. The number of likely N-dealkylation sites (tertiary alicyclic amines) is 1. The number of fused-ring (bicyclic) bond motifs is 1. The van der Waals surface area contributed by atoms with Crippen LogP contribution in [0.15, 0.2) is 29.1 Å². The largest absolute Gasteiger partial charge is 0.497 e. The van der Waals surface area contributed by atoms with E-state index in [1.54, 1.807) is 7.11 Å². The van der Waals surface area contributed by atoms with Crippen LogP contribution in [-0.4, -0.2) is 45.4 Å². The van der Waals surface area contributed by atoms with Crippen molar-refractivity contribution in [2.75, 3.05) is 20.2 Å². The van der Waals surface area contributed by atoms with Crippen molar-refractivity contribution >= 4 is 10.9 Å². The molecular weight excluding hydrogens is 380 g/mol. The molecule has 0 radical (unpaired) electrons. The first kappa shape index (κ1) is 20.5. The van der Waals surface area contributed by atoms with E-state index in [2.05, 4.69) is 41.3 Å². The third-order valence-corrected chi connectivity index (χ3v) is 5.93. The molecule has 30 heavy (non-hydrogen) atoms. The second-order valence-electron chi connectivity index (χ2n) is 9.13. The number of benzene rings is 1. The molecule has 0 unspecified atom stereocenters. The average molecular weight is 412 g/mol. The lowest BCUT2D eigenvalue weighted by atomic mass is 10.0. The van der Waals surface area contributed by atoms with Gasteiger partial charge in [-0.15, -0.1) is 5.10 Å². The second kappa shape index (κ2) is 8.18. The molecule has 8 nitrogen and oxygen atoms in total. The minimum atomic E-state index is -0.278. The summed E-state index contributed by atoms with van der Waals surface area (Å²) >= 11 is 0. The summed E-state index contributed by atoms with van der Waals surface area (Å²) in [5, 5.41) is 13.7. The molecule has 2 N–H and O–H groups in total. The molecule has 1 atom stereocenters.